The molecule has 5 nitrogen and oxygen atoms in total. The summed E-state index contributed by atoms with van der Waals surface area (Å²) in [6.07, 6.45) is 3.21. The van der Waals surface area contributed by atoms with Crippen LogP contribution in [0.4, 0.5) is 0 Å². The molecule has 1 aliphatic rings. The van der Waals surface area contributed by atoms with Crippen molar-refractivity contribution in [2.45, 2.75) is 25.3 Å². The van der Waals surface area contributed by atoms with Gasteiger partial charge in [-0.15, -0.1) is 0 Å². The minimum absolute atomic E-state index is 0.106. The lowest BCUT2D eigenvalue weighted by Crippen LogP contribution is -2.34. The van der Waals surface area contributed by atoms with Gasteiger partial charge in [-0.1, -0.05) is 0 Å². The molecule has 0 spiro atoms. The van der Waals surface area contributed by atoms with Gasteiger partial charge < -0.3 is 5.32 Å². The molecule has 0 amide bonds. The minimum Gasteiger partial charge on any atom is -0.317 e. The van der Waals surface area contributed by atoms with Crippen LogP contribution in [0.5, 0.6) is 0 Å². The van der Waals surface area contributed by atoms with Crippen LogP contribution in [0.15, 0.2) is 0 Å². The average Bonchev–Trinajstić information content (AvgIpc) is 2.52. The van der Waals surface area contributed by atoms with Crippen LogP contribution in [0.1, 0.15) is 19.3 Å². The molecule has 0 aromatic heterocycles. The molecule has 2 unspecified atom stereocenters. The molecule has 0 saturated carbocycles. The Hall–Kier alpha value is -0.140. The Morgan fingerprint density at radius 1 is 1.41 bits per heavy atom. The van der Waals surface area contributed by atoms with Crippen LogP contribution in [0.2, 0.25) is 0 Å². The van der Waals surface area contributed by atoms with E-state index >= 15 is 0 Å². The van der Waals surface area contributed by atoms with Gasteiger partial charge in [0.15, 0.2) is 9.84 Å². The van der Waals surface area contributed by atoms with E-state index in [2.05, 4.69) is 5.32 Å². The lowest BCUT2D eigenvalue weighted by Gasteiger charge is -2.21. The largest absolute Gasteiger partial charge is 0.317 e. The van der Waals surface area contributed by atoms with Crippen LogP contribution in [0, 0.1) is 5.92 Å². The van der Waals surface area contributed by atoms with Crippen molar-refractivity contribution in [3.63, 3.8) is 0 Å². The van der Waals surface area contributed by atoms with Crippen molar-refractivity contribution in [2.24, 2.45) is 5.92 Å². The highest BCUT2D eigenvalue weighted by atomic mass is 32.2. The third kappa shape index (κ3) is 5.35. The number of hydrogen-bond acceptors (Lipinski definition) is 5. The molecule has 0 aromatic rings. The summed E-state index contributed by atoms with van der Waals surface area (Å²) in [5.74, 6) is 0.800. The number of rotatable bonds is 6. The van der Waals surface area contributed by atoms with E-state index in [1.54, 1.807) is 7.05 Å². The third-order valence-corrected chi connectivity index (χ3v) is 6.06. The molecule has 7 heteroatoms. The van der Waals surface area contributed by atoms with Crippen molar-refractivity contribution in [1.29, 1.82) is 0 Å². The van der Waals surface area contributed by atoms with Gasteiger partial charge in [-0.05, 0) is 32.2 Å². The molecule has 0 aromatic carbocycles. The first-order valence-corrected chi connectivity index (χ1v) is 9.67. The van der Waals surface area contributed by atoms with E-state index in [4.69, 9.17) is 0 Å². The number of sulfone groups is 2. The Morgan fingerprint density at radius 3 is 2.47 bits per heavy atom. The average molecular weight is 283 g/mol. The first kappa shape index (κ1) is 14.9. The van der Waals surface area contributed by atoms with Crippen molar-refractivity contribution in [1.82, 2.24) is 5.32 Å². The van der Waals surface area contributed by atoms with Crippen molar-refractivity contribution < 1.29 is 16.8 Å². The van der Waals surface area contributed by atoms with E-state index in [-0.39, 0.29) is 29.2 Å². The first-order chi connectivity index (χ1) is 7.73. The summed E-state index contributed by atoms with van der Waals surface area (Å²) in [4.78, 5) is 0. The van der Waals surface area contributed by atoms with Gasteiger partial charge in [-0.25, -0.2) is 16.8 Å². The molecular weight excluding hydrogens is 262 g/mol. The van der Waals surface area contributed by atoms with Gasteiger partial charge in [0.25, 0.3) is 0 Å². The van der Waals surface area contributed by atoms with Gasteiger partial charge in [-0.3, -0.25) is 0 Å². The van der Waals surface area contributed by atoms with E-state index in [9.17, 15) is 16.8 Å². The highest BCUT2D eigenvalue weighted by Crippen LogP contribution is 2.24. The molecule has 0 bridgehead atoms. The van der Waals surface area contributed by atoms with Crippen molar-refractivity contribution >= 4 is 19.7 Å². The Labute approximate surface area is 104 Å². The zero-order valence-corrected chi connectivity index (χ0v) is 12.0. The van der Waals surface area contributed by atoms with Gasteiger partial charge in [0.1, 0.15) is 9.84 Å². The summed E-state index contributed by atoms with van der Waals surface area (Å²) in [7, 11) is -3.98. The minimum atomic E-state index is -2.92. The topological polar surface area (TPSA) is 80.3 Å². The highest BCUT2D eigenvalue weighted by Gasteiger charge is 2.32. The monoisotopic (exact) mass is 283 g/mol. The number of nitrogens with one attached hydrogen (secondary N) is 1. The standard InChI is InChI=1S/C10H21NO4S2/c1-11-10(4-3-6-16(2,12)13)9-5-7-17(14,15)8-9/h9-11H,3-8H2,1-2H3. The SMILES string of the molecule is CNC(CCCS(C)(=O)=O)C1CCS(=O)(=O)C1. The molecule has 2 atom stereocenters. The van der Waals surface area contributed by atoms with Gasteiger partial charge in [0, 0.05) is 18.1 Å². The zero-order valence-electron chi connectivity index (χ0n) is 10.3. The van der Waals surface area contributed by atoms with Gasteiger partial charge in [0.2, 0.25) is 0 Å². The summed E-state index contributed by atoms with van der Waals surface area (Å²) in [6, 6.07) is 0.106. The smallest absolute Gasteiger partial charge is 0.150 e. The molecule has 102 valence electrons. The lowest BCUT2D eigenvalue weighted by molar-refractivity contribution is 0.380. The summed E-state index contributed by atoms with van der Waals surface area (Å²) < 4.78 is 44.8. The van der Waals surface area contributed by atoms with E-state index in [1.807, 2.05) is 0 Å². The second kappa shape index (κ2) is 5.67. The fourth-order valence-electron chi connectivity index (χ4n) is 2.32. The van der Waals surface area contributed by atoms with Crippen LogP contribution in [0.3, 0.4) is 0 Å². The van der Waals surface area contributed by atoms with Crippen LogP contribution in [0.25, 0.3) is 0 Å². The molecule has 0 radical (unpaired) electrons. The van der Waals surface area contributed by atoms with E-state index in [0.29, 0.717) is 19.3 Å². The highest BCUT2D eigenvalue weighted by molar-refractivity contribution is 7.91. The lowest BCUT2D eigenvalue weighted by atomic mass is 9.95. The van der Waals surface area contributed by atoms with Crippen molar-refractivity contribution in [3.05, 3.63) is 0 Å². The summed E-state index contributed by atoms with van der Waals surface area (Å²) in [5, 5.41) is 3.11. The molecule has 17 heavy (non-hydrogen) atoms. The van der Waals surface area contributed by atoms with E-state index in [0.717, 1.165) is 0 Å². The normalized spacial score (nSPS) is 25.9. The summed E-state index contributed by atoms with van der Waals surface area (Å²) in [6.45, 7) is 0. The number of hydrogen-bond donors (Lipinski definition) is 1. The molecular formula is C10H21NO4S2. The Bertz CT molecular complexity index is 441. The summed E-state index contributed by atoms with van der Waals surface area (Å²) in [5.41, 5.74) is 0. The quantitative estimate of drug-likeness (QED) is 0.732. The molecule has 1 heterocycles. The van der Waals surface area contributed by atoms with Crippen LogP contribution in [-0.4, -0.2) is 53.4 Å². The molecule has 1 fully saturated rings. The summed E-state index contributed by atoms with van der Waals surface area (Å²) >= 11 is 0. The Kier molecular flexibility index (Phi) is 4.97. The van der Waals surface area contributed by atoms with Crippen LogP contribution in [-0.2, 0) is 19.7 Å². The fraction of sp³-hybridized carbons (Fsp3) is 1.00. The fourth-order valence-corrected chi connectivity index (χ4v) is 4.89. The maximum Gasteiger partial charge on any atom is 0.150 e. The maximum atomic E-state index is 11.4. The second-order valence-electron chi connectivity index (χ2n) is 4.83. The Morgan fingerprint density at radius 2 is 2.06 bits per heavy atom. The van der Waals surface area contributed by atoms with Crippen LogP contribution < -0.4 is 5.32 Å². The molecule has 1 aliphatic heterocycles. The van der Waals surface area contributed by atoms with Crippen molar-refractivity contribution in [3.8, 4) is 0 Å². The van der Waals surface area contributed by atoms with E-state index in [1.165, 1.54) is 6.26 Å². The maximum absolute atomic E-state index is 11.4. The second-order valence-corrected chi connectivity index (χ2v) is 9.32. The van der Waals surface area contributed by atoms with Gasteiger partial charge in [-0.2, -0.15) is 0 Å². The molecule has 1 rings (SSSR count). The van der Waals surface area contributed by atoms with Crippen molar-refractivity contribution in [2.75, 3.05) is 30.6 Å². The zero-order chi connectivity index (χ0) is 13.1. The van der Waals surface area contributed by atoms with E-state index < -0.39 is 19.7 Å². The third-order valence-electron chi connectivity index (χ3n) is 3.24. The van der Waals surface area contributed by atoms with Crippen LogP contribution >= 0.6 is 0 Å². The van der Waals surface area contributed by atoms with Gasteiger partial charge in [0.05, 0.1) is 11.5 Å². The van der Waals surface area contributed by atoms with Gasteiger partial charge >= 0.3 is 0 Å². The predicted molar refractivity (Wildman–Crippen MR) is 68.6 cm³/mol. The first-order valence-electron chi connectivity index (χ1n) is 5.79. The molecule has 0 aliphatic carbocycles. The Balaban J connectivity index is 2.45. The molecule has 1 N–H and O–H groups in total. The predicted octanol–water partition coefficient (Wildman–Crippen LogP) is -0.166. The molecule has 1 saturated heterocycles.